The number of anilines is 1. The molecule has 28 heavy (non-hydrogen) atoms. The first-order chi connectivity index (χ1) is 13.3. The van der Waals surface area contributed by atoms with Crippen LogP contribution in [0.3, 0.4) is 0 Å². The van der Waals surface area contributed by atoms with Crippen LogP contribution in [0.5, 0.6) is 5.75 Å². The summed E-state index contributed by atoms with van der Waals surface area (Å²) < 4.78 is 16.6. The normalized spacial score (nSPS) is 13.1. The Balaban J connectivity index is 3.07. The van der Waals surface area contributed by atoms with Crippen molar-refractivity contribution in [3.8, 4) is 5.75 Å². The highest BCUT2D eigenvalue weighted by Crippen LogP contribution is 2.27. The molecule has 1 aromatic carbocycles. The first-order valence-corrected chi connectivity index (χ1v) is 10.2. The summed E-state index contributed by atoms with van der Waals surface area (Å²) >= 11 is 0. The molecule has 0 aliphatic carbocycles. The highest BCUT2D eigenvalue weighted by Gasteiger charge is 2.33. The first-order valence-electron chi connectivity index (χ1n) is 10.2. The summed E-state index contributed by atoms with van der Waals surface area (Å²) in [6.07, 6.45) is 2.49. The second-order valence-electron chi connectivity index (χ2n) is 7.36. The first kappa shape index (κ1) is 24.0. The van der Waals surface area contributed by atoms with Gasteiger partial charge in [-0.1, -0.05) is 33.6 Å². The fourth-order valence-corrected chi connectivity index (χ4v) is 2.71. The van der Waals surface area contributed by atoms with Crippen molar-refractivity contribution in [2.75, 3.05) is 25.1 Å². The molecular formula is C22H35NO5. The summed E-state index contributed by atoms with van der Waals surface area (Å²) in [4.78, 5) is 25.2. The lowest BCUT2D eigenvalue weighted by molar-refractivity contribution is -0.139. The van der Waals surface area contributed by atoms with Gasteiger partial charge in [-0.25, -0.2) is 4.79 Å². The number of nitrogens with one attached hydrogen (secondary N) is 1. The molecule has 1 rings (SSSR count). The molecule has 0 saturated heterocycles. The third-order valence-corrected chi connectivity index (χ3v) is 4.26. The number of esters is 1. The van der Waals surface area contributed by atoms with Gasteiger partial charge in [0, 0.05) is 12.3 Å². The average Bonchev–Trinajstić information content (AvgIpc) is 2.65. The van der Waals surface area contributed by atoms with Gasteiger partial charge >= 0.3 is 5.97 Å². The van der Waals surface area contributed by atoms with Crippen molar-refractivity contribution in [3.05, 3.63) is 23.8 Å². The quantitative estimate of drug-likeness (QED) is 0.515. The standard InChI is InChI=1S/C22H35NO5/c1-7-10-13-22(6,28-9-3)21(25)23-17-11-12-19(27-15-16(4)5)18(14-17)20(24)26-8-2/h11-12,14,16H,7-10,13,15H2,1-6H3,(H,23,25)/t22-/m0/s1. The van der Waals surface area contributed by atoms with Gasteiger partial charge in [-0.3, -0.25) is 4.79 Å². The Morgan fingerprint density at radius 1 is 1.14 bits per heavy atom. The van der Waals surface area contributed by atoms with Crippen LogP contribution < -0.4 is 10.1 Å². The molecule has 0 spiro atoms. The van der Waals surface area contributed by atoms with Gasteiger partial charge in [0.15, 0.2) is 0 Å². The number of carbonyl (C=O) groups excluding carboxylic acids is 2. The summed E-state index contributed by atoms with van der Waals surface area (Å²) in [5.41, 5.74) is -0.110. The summed E-state index contributed by atoms with van der Waals surface area (Å²) in [6.45, 7) is 12.8. The van der Waals surface area contributed by atoms with E-state index in [-0.39, 0.29) is 12.5 Å². The highest BCUT2D eigenvalue weighted by molar-refractivity contribution is 5.99. The Kier molecular flexibility index (Phi) is 10.0. The maximum atomic E-state index is 12.9. The lowest BCUT2D eigenvalue weighted by atomic mass is 9.97. The molecule has 0 aliphatic rings. The molecule has 0 bridgehead atoms. The summed E-state index contributed by atoms with van der Waals surface area (Å²) in [7, 11) is 0. The van der Waals surface area contributed by atoms with Gasteiger partial charge in [0.2, 0.25) is 0 Å². The molecule has 0 fully saturated rings. The van der Waals surface area contributed by atoms with Crippen molar-refractivity contribution in [2.24, 2.45) is 5.92 Å². The van der Waals surface area contributed by atoms with Crippen LogP contribution in [0.1, 0.15) is 71.2 Å². The monoisotopic (exact) mass is 393 g/mol. The highest BCUT2D eigenvalue weighted by atomic mass is 16.5. The fourth-order valence-electron chi connectivity index (χ4n) is 2.71. The summed E-state index contributed by atoms with van der Waals surface area (Å²) in [6, 6.07) is 5.01. The van der Waals surface area contributed by atoms with Gasteiger partial charge in [-0.15, -0.1) is 0 Å². The Bertz CT molecular complexity index is 644. The van der Waals surface area contributed by atoms with Crippen LogP contribution in [0.25, 0.3) is 0 Å². The zero-order valence-electron chi connectivity index (χ0n) is 18.1. The largest absolute Gasteiger partial charge is 0.492 e. The minimum atomic E-state index is -0.915. The maximum Gasteiger partial charge on any atom is 0.341 e. The van der Waals surface area contributed by atoms with Crippen LogP contribution in [0.4, 0.5) is 5.69 Å². The Morgan fingerprint density at radius 3 is 2.43 bits per heavy atom. The van der Waals surface area contributed by atoms with Gasteiger partial charge < -0.3 is 19.5 Å². The van der Waals surface area contributed by atoms with Crippen LogP contribution in [-0.4, -0.2) is 37.3 Å². The van der Waals surface area contributed by atoms with E-state index < -0.39 is 11.6 Å². The van der Waals surface area contributed by atoms with Crippen molar-refractivity contribution in [2.45, 2.75) is 66.4 Å². The Labute approximate surface area is 168 Å². The van der Waals surface area contributed by atoms with Gasteiger partial charge in [-0.05, 0) is 51.3 Å². The molecule has 0 saturated carbocycles. The number of unbranched alkanes of at least 4 members (excludes halogenated alkanes) is 1. The molecule has 6 nitrogen and oxygen atoms in total. The molecule has 6 heteroatoms. The predicted molar refractivity (Wildman–Crippen MR) is 111 cm³/mol. The number of amides is 1. The maximum absolute atomic E-state index is 12.9. The van der Waals surface area contributed by atoms with E-state index in [1.54, 1.807) is 32.0 Å². The molecule has 1 N–H and O–H groups in total. The Morgan fingerprint density at radius 2 is 1.86 bits per heavy atom. The number of hydrogen-bond acceptors (Lipinski definition) is 5. The molecule has 0 aliphatic heterocycles. The minimum Gasteiger partial charge on any atom is -0.492 e. The lowest BCUT2D eigenvalue weighted by Crippen LogP contribution is -2.42. The van der Waals surface area contributed by atoms with Crippen molar-refractivity contribution < 1.29 is 23.8 Å². The van der Waals surface area contributed by atoms with Crippen molar-refractivity contribution in [1.29, 1.82) is 0 Å². The minimum absolute atomic E-state index is 0.228. The zero-order valence-corrected chi connectivity index (χ0v) is 18.1. The molecule has 1 amide bonds. The van der Waals surface area contributed by atoms with Crippen LogP contribution in [-0.2, 0) is 14.3 Å². The Hall–Kier alpha value is -2.08. The third-order valence-electron chi connectivity index (χ3n) is 4.26. The molecule has 0 heterocycles. The van der Waals surface area contributed by atoms with Crippen LogP contribution >= 0.6 is 0 Å². The number of benzene rings is 1. The van der Waals surface area contributed by atoms with Crippen molar-refractivity contribution >= 4 is 17.6 Å². The molecule has 0 aromatic heterocycles. The number of rotatable bonds is 12. The SMILES string of the molecule is CCCC[C@](C)(OCC)C(=O)Nc1ccc(OCC(C)C)c(C(=O)OCC)c1. The van der Waals surface area contributed by atoms with E-state index in [1.165, 1.54) is 0 Å². The number of carbonyl (C=O) groups is 2. The van der Waals surface area contributed by atoms with E-state index in [1.807, 2.05) is 20.8 Å². The van der Waals surface area contributed by atoms with Gasteiger partial charge in [0.1, 0.15) is 16.9 Å². The van der Waals surface area contributed by atoms with Crippen LogP contribution in [0.15, 0.2) is 18.2 Å². The average molecular weight is 394 g/mol. The summed E-state index contributed by atoms with van der Waals surface area (Å²) in [5.74, 6) is 0.0629. The molecule has 158 valence electrons. The number of ether oxygens (including phenoxy) is 3. The second-order valence-corrected chi connectivity index (χ2v) is 7.36. The van der Waals surface area contributed by atoms with Gasteiger partial charge in [0.25, 0.3) is 5.91 Å². The van der Waals surface area contributed by atoms with Crippen LogP contribution in [0, 0.1) is 5.92 Å². The van der Waals surface area contributed by atoms with Crippen molar-refractivity contribution in [1.82, 2.24) is 0 Å². The number of hydrogen-bond donors (Lipinski definition) is 1. The van der Waals surface area contributed by atoms with E-state index in [2.05, 4.69) is 12.2 Å². The van der Waals surface area contributed by atoms with Gasteiger partial charge in [0.05, 0.1) is 13.2 Å². The van der Waals surface area contributed by atoms with Crippen LogP contribution in [0.2, 0.25) is 0 Å². The zero-order chi connectivity index (χ0) is 21.2. The van der Waals surface area contributed by atoms with E-state index in [4.69, 9.17) is 14.2 Å². The summed E-state index contributed by atoms with van der Waals surface area (Å²) in [5, 5.41) is 2.88. The smallest absolute Gasteiger partial charge is 0.341 e. The lowest BCUT2D eigenvalue weighted by Gasteiger charge is -2.28. The molecule has 1 aromatic rings. The second kappa shape index (κ2) is 11.7. The molecule has 0 radical (unpaired) electrons. The van der Waals surface area contributed by atoms with Crippen molar-refractivity contribution in [3.63, 3.8) is 0 Å². The molecular weight excluding hydrogens is 358 g/mol. The third kappa shape index (κ3) is 7.15. The fraction of sp³-hybridized carbons (Fsp3) is 0.636. The van der Waals surface area contributed by atoms with E-state index >= 15 is 0 Å². The van der Waals surface area contributed by atoms with Gasteiger partial charge in [-0.2, -0.15) is 0 Å². The van der Waals surface area contributed by atoms with E-state index in [0.29, 0.717) is 42.6 Å². The topological polar surface area (TPSA) is 73.9 Å². The molecule has 1 atom stereocenters. The predicted octanol–water partition coefficient (Wildman–Crippen LogP) is 4.82. The van der Waals surface area contributed by atoms with E-state index in [0.717, 1.165) is 12.8 Å². The molecule has 0 unspecified atom stereocenters. The van der Waals surface area contributed by atoms with E-state index in [9.17, 15) is 9.59 Å².